The normalized spacial score (nSPS) is 13.7. The topological polar surface area (TPSA) is 161 Å². The average molecular weight is 318 g/mol. The molecule has 0 saturated heterocycles. The van der Waals surface area contributed by atoms with E-state index in [4.69, 9.17) is 14.9 Å². The molecule has 0 aliphatic carbocycles. The fourth-order valence-electron chi connectivity index (χ4n) is 1.76. The Kier molecular flexibility index (Phi) is 4.88. The van der Waals surface area contributed by atoms with Crippen molar-refractivity contribution in [2.24, 2.45) is 0 Å². The summed E-state index contributed by atoms with van der Waals surface area (Å²) in [5.41, 5.74) is 1.21. The molecule has 2 rings (SSSR count). The number of aromatic nitrogens is 3. The highest BCUT2D eigenvalue weighted by atomic mass is 31.2. The molecule has 0 spiro atoms. The van der Waals surface area contributed by atoms with E-state index >= 15 is 0 Å². The van der Waals surface area contributed by atoms with Crippen LogP contribution in [-0.2, 0) is 15.6 Å². The van der Waals surface area contributed by atoms with Gasteiger partial charge in [0.1, 0.15) is 5.52 Å². The molecule has 10 nitrogen and oxygen atoms in total. The highest BCUT2D eigenvalue weighted by Crippen LogP contribution is 2.35. The zero-order chi connectivity index (χ0) is 15.5. The van der Waals surface area contributed by atoms with Crippen molar-refractivity contribution in [2.45, 2.75) is 12.6 Å². The number of fused-ring (bicyclic) bond motifs is 1. The number of hydrogen-bond donors (Lipinski definition) is 6. The molecule has 0 amide bonds. The number of nitrogens with one attached hydrogen (secondary N) is 3. The monoisotopic (exact) mass is 318 g/mol. The predicted octanol–water partition coefficient (Wildman–Crippen LogP) is -1.19. The van der Waals surface area contributed by atoms with E-state index in [1.165, 1.54) is 6.33 Å². The molecule has 6 N–H and O–H groups in total. The molecule has 0 aliphatic heterocycles. The van der Waals surface area contributed by atoms with Crippen LogP contribution in [0.1, 0.15) is 5.56 Å². The molecule has 1 atom stereocenters. The molecule has 2 aromatic heterocycles. The van der Waals surface area contributed by atoms with E-state index in [9.17, 15) is 9.36 Å². The van der Waals surface area contributed by atoms with Gasteiger partial charge in [-0.1, -0.05) is 0 Å². The van der Waals surface area contributed by atoms with Crippen LogP contribution >= 0.6 is 7.82 Å². The lowest BCUT2D eigenvalue weighted by atomic mass is 10.2. The Balaban J connectivity index is 2.02. The maximum absolute atomic E-state index is 11.5. The lowest BCUT2D eigenvalue weighted by molar-refractivity contribution is 0.145. The van der Waals surface area contributed by atoms with Gasteiger partial charge in [0, 0.05) is 18.3 Å². The summed E-state index contributed by atoms with van der Waals surface area (Å²) in [6.45, 7) is -0.473. The second-order valence-electron chi connectivity index (χ2n) is 4.32. The first-order chi connectivity index (χ1) is 9.90. The number of phosphoric ester groups is 1. The van der Waals surface area contributed by atoms with E-state index in [0.717, 1.165) is 0 Å². The highest BCUT2D eigenvalue weighted by Gasteiger charge is 2.18. The molecule has 21 heavy (non-hydrogen) atoms. The Morgan fingerprint density at radius 1 is 1.43 bits per heavy atom. The first-order valence-electron chi connectivity index (χ1n) is 5.98. The number of aliphatic hydroxyl groups is 1. The van der Waals surface area contributed by atoms with Gasteiger partial charge in [-0.15, -0.1) is 0 Å². The number of hydrogen-bond acceptors (Lipinski definition) is 6. The molecule has 0 radical (unpaired) electrons. The third-order valence-electron chi connectivity index (χ3n) is 2.79. The van der Waals surface area contributed by atoms with Gasteiger partial charge in [-0.2, -0.15) is 0 Å². The van der Waals surface area contributed by atoms with Crippen molar-refractivity contribution in [1.29, 1.82) is 0 Å². The van der Waals surface area contributed by atoms with Crippen LogP contribution in [0.3, 0.4) is 0 Å². The van der Waals surface area contributed by atoms with Crippen LogP contribution in [-0.4, -0.2) is 49.1 Å². The van der Waals surface area contributed by atoms with Gasteiger partial charge < -0.3 is 30.2 Å². The molecule has 0 aliphatic rings. The van der Waals surface area contributed by atoms with Crippen LogP contribution in [0.2, 0.25) is 0 Å². The molecule has 11 heteroatoms. The summed E-state index contributed by atoms with van der Waals surface area (Å²) >= 11 is 0. The smallest absolute Gasteiger partial charge is 0.395 e. The second kappa shape index (κ2) is 6.48. The van der Waals surface area contributed by atoms with Crippen LogP contribution in [0, 0.1) is 0 Å². The highest BCUT2D eigenvalue weighted by molar-refractivity contribution is 7.46. The fourth-order valence-corrected chi connectivity index (χ4v) is 2.13. The van der Waals surface area contributed by atoms with Gasteiger partial charge in [-0.3, -0.25) is 9.32 Å². The summed E-state index contributed by atoms with van der Waals surface area (Å²) in [7, 11) is -4.58. The zero-order valence-electron chi connectivity index (χ0n) is 10.8. The van der Waals surface area contributed by atoms with Crippen LogP contribution in [0.5, 0.6) is 0 Å². The molecule has 0 unspecified atom stereocenters. The summed E-state index contributed by atoms with van der Waals surface area (Å²) in [4.78, 5) is 38.0. The minimum atomic E-state index is -4.58. The van der Waals surface area contributed by atoms with Gasteiger partial charge in [0.05, 0.1) is 31.1 Å². The first kappa shape index (κ1) is 15.8. The summed E-state index contributed by atoms with van der Waals surface area (Å²) < 4.78 is 14.9. The van der Waals surface area contributed by atoms with E-state index in [0.29, 0.717) is 16.6 Å². The summed E-state index contributed by atoms with van der Waals surface area (Å²) in [6, 6.07) is -0.662. The fraction of sp³-hybridized carbons (Fsp3) is 0.400. The van der Waals surface area contributed by atoms with E-state index in [1.54, 1.807) is 6.20 Å². The Hall–Kier alpha value is -1.55. The third kappa shape index (κ3) is 4.21. The molecule has 116 valence electrons. The first-order valence-corrected chi connectivity index (χ1v) is 7.51. The summed E-state index contributed by atoms with van der Waals surface area (Å²) in [5, 5.41) is 12.0. The van der Waals surface area contributed by atoms with Gasteiger partial charge in [-0.05, 0) is 0 Å². The summed E-state index contributed by atoms with van der Waals surface area (Å²) in [5.74, 6) is 0. The van der Waals surface area contributed by atoms with E-state index < -0.39 is 13.9 Å². The molecule has 0 fully saturated rings. The Morgan fingerprint density at radius 2 is 2.19 bits per heavy atom. The van der Waals surface area contributed by atoms with Gasteiger partial charge in [0.2, 0.25) is 0 Å². The average Bonchev–Trinajstić information content (AvgIpc) is 2.83. The molecule has 2 heterocycles. The Morgan fingerprint density at radius 3 is 2.86 bits per heavy atom. The predicted molar refractivity (Wildman–Crippen MR) is 72.4 cm³/mol. The van der Waals surface area contributed by atoms with Crippen LogP contribution in [0.15, 0.2) is 17.3 Å². The molecule has 0 aromatic carbocycles. The van der Waals surface area contributed by atoms with Crippen molar-refractivity contribution in [1.82, 2.24) is 20.3 Å². The number of H-pyrrole nitrogens is 2. The van der Waals surface area contributed by atoms with Crippen LogP contribution < -0.4 is 10.9 Å². The van der Waals surface area contributed by atoms with Gasteiger partial charge >= 0.3 is 7.82 Å². The van der Waals surface area contributed by atoms with Crippen LogP contribution in [0.25, 0.3) is 11.0 Å². The van der Waals surface area contributed by atoms with Crippen molar-refractivity contribution in [3.8, 4) is 0 Å². The standard InChI is InChI=1S/C10H15N4O6P/c15-3-7(4-20-21(17,18)19)11-1-6-2-12-9-8(6)13-5-14-10(9)16/h2,5,7,11-12,15H,1,3-4H2,(H,13,14,16)(H2,17,18,19)/t7-/m0/s1. The van der Waals surface area contributed by atoms with Gasteiger partial charge in [-0.25, -0.2) is 9.55 Å². The Labute approximate surface area is 118 Å². The van der Waals surface area contributed by atoms with Crippen molar-refractivity contribution < 1.29 is 24.0 Å². The maximum Gasteiger partial charge on any atom is 0.469 e. The van der Waals surface area contributed by atoms with Crippen LogP contribution in [0.4, 0.5) is 0 Å². The van der Waals surface area contributed by atoms with Gasteiger partial charge in [0.25, 0.3) is 5.56 Å². The minimum Gasteiger partial charge on any atom is -0.395 e. The lowest BCUT2D eigenvalue weighted by Crippen LogP contribution is -2.36. The lowest BCUT2D eigenvalue weighted by Gasteiger charge is -2.16. The number of aromatic amines is 2. The summed E-state index contributed by atoms with van der Waals surface area (Å²) in [6.07, 6.45) is 2.88. The number of phosphoric acid groups is 1. The van der Waals surface area contributed by atoms with E-state index in [-0.39, 0.29) is 25.3 Å². The maximum atomic E-state index is 11.5. The zero-order valence-corrected chi connectivity index (χ0v) is 11.7. The van der Waals surface area contributed by atoms with Crippen molar-refractivity contribution in [3.05, 3.63) is 28.4 Å². The molecular formula is C10H15N4O6P. The second-order valence-corrected chi connectivity index (χ2v) is 5.56. The molecule has 0 bridgehead atoms. The quantitative estimate of drug-likeness (QED) is 0.347. The van der Waals surface area contributed by atoms with Crippen molar-refractivity contribution in [2.75, 3.05) is 13.2 Å². The molecule has 0 saturated carbocycles. The number of nitrogens with zero attached hydrogens (tertiary/aromatic N) is 1. The van der Waals surface area contributed by atoms with Crippen molar-refractivity contribution in [3.63, 3.8) is 0 Å². The van der Waals surface area contributed by atoms with Crippen molar-refractivity contribution >= 4 is 18.9 Å². The van der Waals surface area contributed by atoms with E-state index in [1.807, 2.05) is 0 Å². The van der Waals surface area contributed by atoms with E-state index in [2.05, 4.69) is 24.8 Å². The molecular weight excluding hydrogens is 303 g/mol. The SMILES string of the molecule is O=c1[nH]cnc2c(CN[C@@H](CO)COP(=O)(O)O)c[nH]c12. The molecule has 2 aromatic rings. The van der Waals surface area contributed by atoms with Gasteiger partial charge in [0.15, 0.2) is 0 Å². The third-order valence-corrected chi connectivity index (χ3v) is 3.28. The number of rotatable bonds is 7. The largest absolute Gasteiger partial charge is 0.469 e. The number of aliphatic hydroxyl groups excluding tert-OH is 1. The minimum absolute atomic E-state index is 0.242. The Bertz CT molecular complexity index is 707.